The van der Waals surface area contributed by atoms with Gasteiger partial charge in [-0.05, 0) is 118 Å². The van der Waals surface area contributed by atoms with E-state index in [1.165, 1.54) is 30.3 Å². The van der Waals surface area contributed by atoms with Gasteiger partial charge in [-0.3, -0.25) is 33.7 Å². The predicted octanol–water partition coefficient (Wildman–Crippen LogP) is 6.76. The summed E-state index contributed by atoms with van der Waals surface area (Å²) in [4.78, 5) is 90.2. The Kier molecular flexibility index (Phi) is 15.6. The van der Waals surface area contributed by atoms with Crippen LogP contribution in [0.5, 0.6) is 0 Å². The van der Waals surface area contributed by atoms with Crippen molar-refractivity contribution in [2.24, 2.45) is 23.7 Å². The molecule has 2 N–H and O–H groups in total. The van der Waals surface area contributed by atoms with Crippen molar-refractivity contribution in [1.29, 1.82) is 0 Å². The van der Waals surface area contributed by atoms with Gasteiger partial charge in [-0.1, -0.05) is 55.7 Å². The number of amides is 5. The summed E-state index contributed by atoms with van der Waals surface area (Å²) < 4.78 is 55.2. The van der Waals surface area contributed by atoms with Crippen LogP contribution in [0.4, 0.5) is 13.2 Å². The molecule has 1 aromatic heterocycles. The first-order chi connectivity index (χ1) is 37.3. The Morgan fingerprint density at radius 1 is 0.727 bits per heavy atom. The maximum absolute atomic E-state index is 16.9. The average molecular weight is 1060 g/mol. The SMILES string of the molecule is O=C(N[C@@H](C(=O)N1CCC(OC2CCN(CC(=O)N3CCN(C(=O)c4cc(Cc5n[nH]c(=O)c6ccccc56)ccc4F)CC3)CC2)CC1)C1CCCCC1)c1cccc([C@]2(F)CCCN(C(=O)C3CC4CC3C4)C2)c1F. The third kappa shape index (κ3) is 11.3. The van der Waals surface area contributed by atoms with Crippen molar-refractivity contribution in [2.75, 3.05) is 72.0 Å². The van der Waals surface area contributed by atoms with Crippen LogP contribution in [0.3, 0.4) is 0 Å². The van der Waals surface area contributed by atoms with Crippen LogP contribution < -0.4 is 10.9 Å². The van der Waals surface area contributed by atoms with Gasteiger partial charge in [-0.2, -0.15) is 5.10 Å². The largest absolute Gasteiger partial charge is 0.375 e. The summed E-state index contributed by atoms with van der Waals surface area (Å²) in [6, 6.07) is 14.9. The van der Waals surface area contributed by atoms with Gasteiger partial charge < -0.3 is 29.7 Å². The number of aromatic nitrogens is 2. The number of nitrogens with one attached hydrogen (secondary N) is 2. The van der Waals surface area contributed by atoms with Gasteiger partial charge in [-0.15, -0.1) is 0 Å². The molecule has 15 nitrogen and oxygen atoms in total. The van der Waals surface area contributed by atoms with Crippen molar-refractivity contribution in [2.45, 2.75) is 120 Å². The summed E-state index contributed by atoms with van der Waals surface area (Å²) in [6.07, 6.45) is 10.9. The van der Waals surface area contributed by atoms with Crippen molar-refractivity contribution in [3.05, 3.63) is 111 Å². The fourth-order valence-corrected chi connectivity index (χ4v) is 13.8. The van der Waals surface area contributed by atoms with Crippen molar-refractivity contribution in [1.82, 2.24) is 40.0 Å². The fourth-order valence-electron chi connectivity index (χ4n) is 13.8. The molecule has 4 aliphatic carbocycles. The number of halogens is 3. The topological polar surface area (TPSA) is 169 Å². The van der Waals surface area contributed by atoms with Gasteiger partial charge in [0.2, 0.25) is 17.7 Å². The molecule has 4 saturated heterocycles. The van der Waals surface area contributed by atoms with E-state index in [1.807, 2.05) is 12.1 Å². The van der Waals surface area contributed by atoms with Gasteiger partial charge in [0, 0.05) is 82.2 Å². The number of fused-ring (bicyclic) bond motifs is 2. The molecule has 2 bridgehead atoms. The number of hydrogen-bond acceptors (Lipinski definition) is 9. The van der Waals surface area contributed by atoms with Crippen LogP contribution in [-0.4, -0.2) is 154 Å². The molecule has 0 radical (unpaired) electrons. The van der Waals surface area contributed by atoms with E-state index in [-0.39, 0.29) is 103 Å². The number of rotatable bonds is 13. The van der Waals surface area contributed by atoms with Gasteiger partial charge >= 0.3 is 0 Å². The van der Waals surface area contributed by atoms with E-state index in [2.05, 4.69) is 20.4 Å². The number of carbonyl (C=O) groups is 5. The maximum Gasteiger partial charge on any atom is 0.272 e. The van der Waals surface area contributed by atoms with Crippen LogP contribution in [0.15, 0.2) is 65.5 Å². The monoisotopic (exact) mass is 1060 g/mol. The van der Waals surface area contributed by atoms with Crippen molar-refractivity contribution >= 4 is 40.3 Å². The molecule has 0 spiro atoms. The number of ether oxygens (including phenoxy) is 1. The quantitative estimate of drug-likeness (QED) is 0.147. The molecule has 8 fully saturated rings. The standard InChI is InChI=1S/C59H71F3N8O7/c60-49-15-14-37(34-50-43-10-4-5-11-44(43)55(73)65-64-50)32-47(49)57(75)69-28-26-67(27-29-69)51(71)35-66-22-16-41(17-23-66)77-42-18-24-68(25-19-42)58(76)53(39-8-2-1-3-9-39)63-54(72)45-12-6-13-48(52(45)61)59(62)20-7-21-70(36-59)56(74)46-33-38-30-40(46)31-38/h4-6,10-15,32,38-42,46,53H,1-3,7-9,16-31,33-36H2,(H,63,72)(H,65,73)/t38?,40?,46?,53-,59+/m1/s1. The Balaban J connectivity index is 0.628. The minimum absolute atomic E-state index is 0.00718. The first-order valence-corrected chi connectivity index (χ1v) is 28.3. The maximum atomic E-state index is 16.9. The summed E-state index contributed by atoms with van der Waals surface area (Å²) in [5, 5.41) is 10.9. The number of alkyl halides is 1. The molecule has 12 rings (SSSR count). The Labute approximate surface area is 447 Å². The molecule has 4 aliphatic heterocycles. The van der Waals surface area contributed by atoms with Gasteiger partial charge in [0.1, 0.15) is 17.7 Å². The molecule has 18 heteroatoms. The first kappa shape index (κ1) is 52.9. The highest BCUT2D eigenvalue weighted by atomic mass is 19.1. The highest BCUT2D eigenvalue weighted by Crippen LogP contribution is 2.53. The Morgan fingerprint density at radius 3 is 2.14 bits per heavy atom. The summed E-state index contributed by atoms with van der Waals surface area (Å²) in [5.41, 5.74) is -1.70. The van der Waals surface area contributed by atoms with E-state index in [0.717, 1.165) is 64.2 Å². The minimum Gasteiger partial charge on any atom is -0.375 e. The summed E-state index contributed by atoms with van der Waals surface area (Å²) in [5.74, 6) is -2.21. The molecular formula is C59H71F3N8O7. The number of aromatic amines is 1. The van der Waals surface area contributed by atoms with Crippen LogP contribution in [-0.2, 0) is 31.2 Å². The zero-order valence-corrected chi connectivity index (χ0v) is 43.9. The van der Waals surface area contributed by atoms with Crippen LogP contribution in [0.2, 0.25) is 0 Å². The number of hydrogen-bond donors (Lipinski definition) is 2. The zero-order chi connectivity index (χ0) is 53.4. The highest BCUT2D eigenvalue weighted by Gasteiger charge is 2.51. The molecule has 8 aliphatic rings. The Morgan fingerprint density at radius 2 is 1.43 bits per heavy atom. The predicted molar refractivity (Wildman–Crippen MR) is 281 cm³/mol. The van der Waals surface area contributed by atoms with E-state index >= 15 is 13.2 Å². The number of H-pyrrole nitrogens is 1. The minimum atomic E-state index is -2.13. The lowest BCUT2D eigenvalue weighted by molar-refractivity contribution is -0.141. The molecule has 3 aromatic carbocycles. The molecule has 4 aromatic rings. The lowest BCUT2D eigenvalue weighted by Crippen LogP contribution is -2.55. The molecule has 410 valence electrons. The molecule has 3 atom stereocenters. The molecular weight excluding hydrogens is 990 g/mol. The van der Waals surface area contributed by atoms with E-state index < -0.39 is 35.2 Å². The van der Waals surface area contributed by atoms with Crippen molar-refractivity contribution < 1.29 is 41.9 Å². The summed E-state index contributed by atoms with van der Waals surface area (Å²) in [6.45, 7) is 3.97. The smallest absolute Gasteiger partial charge is 0.272 e. The number of likely N-dealkylation sites (tertiary alicyclic amines) is 3. The molecule has 4 saturated carbocycles. The van der Waals surface area contributed by atoms with Gasteiger partial charge in [0.15, 0.2) is 5.67 Å². The second-order valence-corrected chi connectivity index (χ2v) is 23.1. The van der Waals surface area contributed by atoms with Crippen LogP contribution in [0.25, 0.3) is 10.8 Å². The van der Waals surface area contributed by atoms with Crippen molar-refractivity contribution in [3.63, 3.8) is 0 Å². The van der Waals surface area contributed by atoms with E-state index in [1.54, 1.807) is 37.8 Å². The van der Waals surface area contributed by atoms with E-state index in [4.69, 9.17) is 4.74 Å². The van der Waals surface area contributed by atoms with Gasteiger partial charge in [0.05, 0.1) is 47.5 Å². The summed E-state index contributed by atoms with van der Waals surface area (Å²) >= 11 is 0. The third-order valence-electron chi connectivity index (χ3n) is 18.3. The highest BCUT2D eigenvalue weighted by molar-refractivity contribution is 5.98. The zero-order valence-electron chi connectivity index (χ0n) is 43.9. The number of piperazine rings is 1. The van der Waals surface area contributed by atoms with Crippen LogP contribution in [0.1, 0.15) is 127 Å². The number of carbonyl (C=O) groups excluding carboxylic acids is 5. The molecule has 5 heterocycles. The number of piperidine rings is 3. The summed E-state index contributed by atoms with van der Waals surface area (Å²) in [7, 11) is 0. The average Bonchev–Trinajstić information content (AvgIpc) is 4.08. The number of nitrogens with zero attached hydrogens (tertiary/aromatic N) is 6. The van der Waals surface area contributed by atoms with Crippen LogP contribution in [0, 0.1) is 35.3 Å². The Bertz CT molecular complexity index is 2920. The van der Waals surface area contributed by atoms with Crippen LogP contribution >= 0.6 is 0 Å². The molecule has 1 unspecified atom stereocenters. The van der Waals surface area contributed by atoms with E-state index in [9.17, 15) is 28.8 Å². The van der Waals surface area contributed by atoms with Crippen molar-refractivity contribution in [3.8, 4) is 0 Å². The first-order valence-electron chi connectivity index (χ1n) is 28.3. The number of benzene rings is 3. The van der Waals surface area contributed by atoms with E-state index in [0.29, 0.717) is 98.9 Å². The molecule has 5 amide bonds. The lowest BCUT2D eigenvalue weighted by atomic mass is 9.81. The lowest BCUT2D eigenvalue weighted by Gasteiger charge is -2.40. The second kappa shape index (κ2) is 22.7. The van der Waals surface area contributed by atoms with Gasteiger partial charge in [0.25, 0.3) is 17.4 Å². The van der Waals surface area contributed by atoms with Gasteiger partial charge in [-0.25, -0.2) is 18.3 Å². The molecule has 77 heavy (non-hydrogen) atoms. The second-order valence-electron chi connectivity index (χ2n) is 23.1. The normalized spacial score (nSPS) is 25.2. The third-order valence-corrected chi connectivity index (χ3v) is 18.3. The Hall–Kier alpha value is -6.14. The fraction of sp³-hybridized carbons (Fsp3) is 0.576.